The minimum absolute atomic E-state index is 0.0347. The van der Waals surface area contributed by atoms with Gasteiger partial charge in [-0.15, -0.1) is 5.10 Å². The summed E-state index contributed by atoms with van der Waals surface area (Å²) in [6.07, 6.45) is 2.61. The molecule has 3 rings (SSSR count). The first-order chi connectivity index (χ1) is 12.1. The molecule has 1 aliphatic rings. The van der Waals surface area contributed by atoms with Crippen molar-refractivity contribution in [2.75, 3.05) is 13.1 Å². The molecular formula is C18H18ClN3O3. The molecular weight excluding hydrogens is 342 g/mol. The van der Waals surface area contributed by atoms with E-state index in [-0.39, 0.29) is 30.6 Å². The second-order valence-electron chi connectivity index (χ2n) is 5.86. The molecule has 0 radical (unpaired) electrons. The van der Waals surface area contributed by atoms with Gasteiger partial charge in [0.25, 0.3) is 0 Å². The molecule has 25 heavy (non-hydrogen) atoms. The standard InChI is InChI=1S/C18H18ClN3O3/c19-14-5-3-13(4-6-14)16(23)7-8-18(24)22-11-9-15(12-22)25-17-2-1-10-20-21-17/h1-6,10,15H,7-9,11-12H2. The number of carbonyl (C=O) groups excluding carboxylic acids is 2. The Hall–Kier alpha value is -2.47. The van der Waals surface area contributed by atoms with Gasteiger partial charge in [-0.05, 0) is 30.3 Å². The fourth-order valence-corrected chi connectivity index (χ4v) is 2.86. The molecule has 1 amide bonds. The lowest BCUT2D eigenvalue weighted by Gasteiger charge is -2.16. The van der Waals surface area contributed by atoms with Crippen LogP contribution in [0.15, 0.2) is 42.6 Å². The van der Waals surface area contributed by atoms with Crippen molar-refractivity contribution >= 4 is 23.3 Å². The SMILES string of the molecule is O=C(CCC(=O)N1CCC(Oc2cccnn2)C1)c1ccc(Cl)cc1. The summed E-state index contributed by atoms with van der Waals surface area (Å²) in [5.74, 6) is 0.365. The maximum Gasteiger partial charge on any atom is 0.233 e. The van der Waals surface area contributed by atoms with Crippen molar-refractivity contribution in [3.05, 3.63) is 53.2 Å². The fourth-order valence-electron chi connectivity index (χ4n) is 2.73. The first-order valence-electron chi connectivity index (χ1n) is 8.13. The van der Waals surface area contributed by atoms with Crippen molar-refractivity contribution in [3.63, 3.8) is 0 Å². The van der Waals surface area contributed by atoms with Crippen LogP contribution < -0.4 is 4.74 Å². The molecule has 6 nitrogen and oxygen atoms in total. The van der Waals surface area contributed by atoms with Crippen molar-refractivity contribution in [2.45, 2.75) is 25.4 Å². The van der Waals surface area contributed by atoms with Crippen molar-refractivity contribution in [3.8, 4) is 5.88 Å². The monoisotopic (exact) mass is 359 g/mol. The highest BCUT2D eigenvalue weighted by Crippen LogP contribution is 2.18. The maximum absolute atomic E-state index is 12.3. The molecule has 1 aromatic carbocycles. The highest BCUT2D eigenvalue weighted by Gasteiger charge is 2.28. The van der Waals surface area contributed by atoms with Crippen LogP contribution in [0.3, 0.4) is 0 Å². The average Bonchev–Trinajstić information content (AvgIpc) is 3.09. The number of amides is 1. The lowest BCUT2D eigenvalue weighted by molar-refractivity contribution is -0.130. The second-order valence-corrected chi connectivity index (χ2v) is 6.30. The largest absolute Gasteiger partial charge is 0.471 e. The van der Waals surface area contributed by atoms with Crippen molar-refractivity contribution in [1.82, 2.24) is 15.1 Å². The van der Waals surface area contributed by atoms with E-state index in [0.717, 1.165) is 6.42 Å². The third-order valence-corrected chi connectivity index (χ3v) is 4.32. The van der Waals surface area contributed by atoms with E-state index in [2.05, 4.69) is 10.2 Å². The molecule has 1 saturated heterocycles. The number of ketones is 1. The summed E-state index contributed by atoms with van der Waals surface area (Å²) < 4.78 is 5.71. The number of nitrogens with zero attached hydrogens (tertiary/aromatic N) is 3. The Morgan fingerprint density at radius 1 is 1.20 bits per heavy atom. The highest BCUT2D eigenvalue weighted by molar-refractivity contribution is 6.30. The van der Waals surface area contributed by atoms with Gasteiger partial charge in [0, 0.05) is 48.7 Å². The first-order valence-corrected chi connectivity index (χ1v) is 8.50. The molecule has 7 heteroatoms. The quantitative estimate of drug-likeness (QED) is 0.741. The number of hydrogen-bond acceptors (Lipinski definition) is 5. The van der Waals surface area contributed by atoms with Gasteiger partial charge in [-0.25, -0.2) is 0 Å². The van der Waals surface area contributed by atoms with Gasteiger partial charge in [0.2, 0.25) is 11.8 Å². The number of likely N-dealkylation sites (tertiary alicyclic amines) is 1. The number of Topliss-reactive ketones (excluding diaryl/α,β-unsaturated/α-hetero) is 1. The molecule has 130 valence electrons. The smallest absolute Gasteiger partial charge is 0.233 e. The molecule has 0 aliphatic carbocycles. The number of ether oxygens (including phenoxy) is 1. The Morgan fingerprint density at radius 2 is 2.00 bits per heavy atom. The van der Waals surface area contributed by atoms with Gasteiger partial charge in [0.15, 0.2) is 5.78 Å². The molecule has 0 N–H and O–H groups in total. The Morgan fingerprint density at radius 3 is 2.72 bits per heavy atom. The summed E-state index contributed by atoms with van der Waals surface area (Å²) in [5, 5.41) is 8.23. The number of benzene rings is 1. The zero-order chi connectivity index (χ0) is 17.6. The van der Waals surface area contributed by atoms with Gasteiger partial charge in [-0.1, -0.05) is 11.6 Å². The van der Waals surface area contributed by atoms with E-state index in [1.54, 1.807) is 47.5 Å². The van der Waals surface area contributed by atoms with E-state index in [0.29, 0.717) is 29.6 Å². The summed E-state index contributed by atoms with van der Waals surface area (Å²) in [7, 11) is 0. The van der Waals surface area contributed by atoms with E-state index in [1.165, 1.54) is 0 Å². The molecule has 0 bridgehead atoms. The van der Waals surface area contributed by atoms with E-state index in [9.17, 15) is 9.59 Å². The van der Waals surface area contributed by atoms with E-state index >= 15 is 0 Å². The highest BCUT2D eigenvalue weighted by atomic mass is 35.5. The maximum atomic E-state index is 12.3. The lowest BCUT2D eigenvalue weighted by Crippen LogP contribution is -2.31. The minimum Gasteiger partial charge on any atom is -0.471 e. The molecule has 0 saturated carbocycles. The molecule has 1 aromatic heterocycles. The summed E-state index contributed by atoms with van der Waals surface area (Å²) in [6.45, 7) is 1.13. The van der Waals surface area contributed by atoms with Gasteiger partial charge in [0.1, 0.15) is 6.10 Å². The molecule has 2 aromatic rings. The zero-order valence-corrected chi connectivity index (χ0v) is 14.4. The van der Waals surface area contributed by atoms with Crippen LogP contribution >= 0.6 is 11.6 Å². The molecule has 0 spiro atoms. The van der Waals surface area contributed by atoms with Crippen LogP contribution in [0.5, 0.6) is 5.88 Å². The van der Waals surface area contributed by atoms with Gasteiger partial charge >= 0.3 is 0 Å². The van der Waals surface area contributed by atoms with Crippen LogP contribution in [0.2, 0.25) is 5.02 Å². The van der Waals surface area contributed by atoms with Crippen molar-refractivity contribution in [1.29, 1.82) is 0 Å². The molecule has 2 heterocycles. The van der Waals surface area contributed by atoms with Crippen LogP contribution in [0, 0.1) is 0 Å². The normalized spacial score (nSPS) is 16.7. The Balaban J connectivity index is 1.46. The molecule has 1 fully saturated rings. The van der Waals surface area contributed by atoms with Crippen molar-refractivity contribution < 1.29 is 14.3 Å². The molecule has 1 unspecified atom stereocenters. The lowest BCUT2D eigenvalue weighted by atomic mass is 10.1. The van der Waals surface area contributed by atoms with E-state index in [1.807, 2.05) is 0 Å². The van der Waals surface area contributed by atoms with Gasteiger partial charge < -0.3 is 9.64 Å². The Kier molecular flexibility index (Phi) is 5.60. The van der Waals surface area contributed by atoms with Crippen LogP contribution in [0.4, 0.5) is 0 Å². The van der Waals surface area contributed by atoms with Crippen molar-refractivity contribution in [2.24, 2.45) is 0 Å². The number of rotatable bonds is 6. The first kappa shape index (κ1) is 17.4. The third kappa shape index (κ3) is 4.76. The Labute approximate surface area is 150 Å². The summed E-state index contributed by atoms with van der Waals surface area (Å²) in [6, 6.07) is 10.2. The number of halogens is 1. The van der Waals surface area contributed by atoms with Crippen LogP contribution in [0.1, 0.15) is 29.6 Å². The Bertz CT molecular complexity index is 737. The van der Waals surface area contributed by atoms with Gasteiger partial charge in [-0.3, -0.25) is 9.59 Å². The van der Waals surface area contributed by atoms with Crippen LogP contribution in [-0.4, -0.2) is 46.0 Å². The topological polar surface area (TPSA) is 72.4 Å². The minimum atomic E-state index is -0.0902. The summed E-state index contributed by atoms with van der Waals surface area (Å²) >= 11 is 5.81. The van der Waals surface area contributed by atoms with Gasteiger partial charge in [-0.2, -0.15) is 5.10 Å². The van der Waals surface area contributed by atoms with Crippen LogP contribution in [0.25, 0.3) is 0 Å². The molecule has 1 atom stereocenters. The second kappa shape index (κ2) is 8.07. The number of aromatic nitrogens is 2. The number of hydrogen-bond donors (Lipinski definition) is 0. The third-order valence-electron chi connectivity index (χ3n) is 4.07. The molecule has 1 aliphatic heterocycles. The average molecular weight is 360 g/mol. The zero-order valence-electron chi connectivity index (χ0n) is 13.6. The van der Waals surface area contributed by atoms with E-state index in [4.69, 9.17) is 16.3 Å². The predicted octanol–water partition coefficient (Wildman–Crippen LogP) is 2.77. The number of carbonyl (C=O) groups is 2. The summed E-state index contributed by atoms with van der Waals surface area (Å²) in [4.78, 5) is 26.2. The van der Waals surface area contributed by atoms with Gasteiger partial charge in [0.05, 0.1) is 6.54 Å². The van der Waals surface area contributed by atoms with E-state index < -0.39 is 0 Å². The van der Waals surface area contributed by atoms with Crippen LogP contribution in [-0.2, 0) is 4.79 Å². The fraction of sp³-hybridized carbons (Fsp3) is 0.333. The predicted molar refractivity (Wildman–Crippen MR) is 92.7 cm³/mol. The summed E-state index contributed by atoms with van der Waals surface area (Å²) in [5.41, 5.74) is 0.572.